The number of hydrazine groups is 1. The van der Waals surface area contributed by atoms with Crippen LogP contribution in [-0.4, -0.2) is 24.3 Å². The Labute approximate surface area is 119 Å². The number of nitrogens with two attached hydrogens (primary N) is 1. The molecule has 5 nitrogen and oxygen atoms in total. The summed E-state index contributed by atoms with van der Waals surface area (Å²) in [6.07, 6.45) is 0.0343. The van der Waals surface area contributed by atoms with Crippen molar-refractivity contribution in [1.82, 2.24) is 4.98 Å². The predicted molar refractivity (Wildman–Crippen MR) is 80.3 cm³/mol. The van der Waals surface area contributed by atoms with E-state index in [0.717, 1.165) is 16.5 Å². The van der Waals surface area contributed by atoms with Crippen LogP contribution < -0.4 is 11.3 Å². The topological polar surface area (TPSA) is 69.4 Å². The Morgan fingerprint density at radius 2 is 2.15 bits per heavy atom. The Hall–Kier alpha value is -1.69. The summed E-state index contributed by atoms with van der Waals surface area (Å²) in [5.74, 6) is 6.18. The van der Waals surface area contributed by atoms with E-state index in [-0.39, 0.29) is 6.10 Å². The van der Waals surface area contributed by atoms with Gasteiger partial charge in [0.1, 0.15) is 5.82 Å². The van der Waals surface area contributed by atoms with Gasteiger partial charge in [-0.2, -0.15) is 0 Å². The Balaban J connectivity index is 2.11. The number of para-hydroxylation sites is 1. The molecule has 2 aromatic rings. The first kappa shape index (κ1) is 14.7. The van der Waals surface area contributed by atoms with Gasteiger partial charge in [-0.25, -0.2) is 10.8 Å². The molecule has 1 unspecified atom stereocenters. The molecule has 1 aromatic heterocycles. The van der Waals surface area contributed by atoms with E-state index in [4.69, 9.17) is 15.3 Å². The Morgan fingerprint density at radius 3 is 2.90 bits per heavy atom. The molecule has 1 aromatic carbocycles. The largest absolute Gasteiger partial charge is 0.379 e. The number of ether oxygens (including phenoxy) is 2. The lowest BCUT2D eigenvalue weighted by Crippen LogP contribution is -2.17. The first-order chi connectivity index (χ1) is 9.74. The zero-order valence-electron chi connectivity index (χ0n) is 11.9. The number of rotatable bonds is 7. The second-order valence-corrected chi connectivity index (χ2v) is 4.61. The number of hydrogen-bond donors (Lipinski definition) is 2. The third kappa shape index (κ3) is 3.66. The van der Waals surface area contributed by atoms with E-state index >= 15 is 0 Å². The summed E-state index contributed by atoms with van der Waals surface area (Å²) in [7, 11) is 0. The maximum Gasteiger partial charge on any atom is 0.146 e. The molecule has 1 heterocycles. The number of hydrogen-bond acceptors (Lipinski definition) is 5. The van der Waals surface area contributed by atoms with Gasteiger partial charge in [-0.05, 0) is 26.0 Å². The maximum absolute atomic E-state index is 5.76. The average molecular weight is 275 g/mol. The first-order valence-corrected chi connectivity index (χ1v) is 6.79. The standard InChI is InChI=1S/C15H21N3O2/c1-3-19-9-11(2)20-10-13-8-12-6-4-5-7-14(12)17-15(13)18-16/h4-8,11H,3,9-10,16H2,1-2H3,(H,17,18). The molecule has 5 heteroatoms. The number of fused-ring (bicyclic) bond motifs is 1. The summed E-state index contributed by atoms with van der Waals surface area (Å²) >= 11 is 0. The highest BCUT2D eigenvalue weighted by Crippen LogP contribution is 2.20. The van der Waals surface area contributed by atoms with Crippen molar-refractivity contribution in [3.05, 3.63) is 35.9 Å². The van der Waals surface area contributed by atoms with Crippen LogP contribution in [0.4, 0.5) is 5.82 Å². The molecule has 0 aliphatic rings. The summed E-state index contributed by atoms with van der Waals surface area (Å²) in [6.45, 7) is 5.69. The van der Waals surface area contributed by atoms with Crippen LogP contribution in [0, 0.1) is 0 Å². The van der Waals surface area contributed by atoms with E-state index < -0.39 is 0 Å². The van der Waals surface area contributed by atoms with Gasteiger partial charge in [0.15, 0.2) is 0 Å². The van der Waals surface area contributed by atoms with Gasteiger partial charge in [-0.1, -0.05) is 18.2 Å². The Bertz CT molecular complexity index is 560. The molecule has 1 atom stereocenters. The van der Waals surface area contributed by atoms with Gasteiger partial charge in [-0.3, -0.25) is 0 Å². The molecule has 0 fully saturated rings. The number of benzene rings is 1. The van der Waals surface area contributed by atoms with Crippen molar-refractivity contribution in [2.45, 2.75) is 26.6 Å². The van der Waals surface area contributed by atoms with Crippen LogP contribution in [0.5, 0.6) is 0 Å². The highest BCUT2D eigenvalue weighted by atomic mass is 16.5. The molecule has 0 aliphatic carbocycles. The molecule has 0 bridgehead atoms. The number of aromatic nitrogens is 1. The number of nitrogens with zero attached hydrogens (tertiary/aromatic N) is 1. The minimum atomic E-state index is 0.0343. The summed E-state index contributed by atoms with van der Waals surface area (Å²) in [5.41, 5.74) is 4.48. The fourth-order valence-electron chi connectivity index (χ4n) is 1.96. The molecular formula is C15H21N3O2. The minimum absolute atomic E-state index is 0.0343. The van der Waals surface area contributed by atoms with Crippen LogP contribution in [0.25, 0.3) is 10.9 Å². The average Bonchev–Trinajstić information content (AvgIpc) is 2.49. The zero-order valence-corrected chi connectivity index (χ0v) is 11.9. The molecule has 0 aliphatic heterocycles. The summed E-state index contributed by atoms with van der Waals surface area (Å²) in [5, 5.41) is 1.07. The van der Waals surface area contributed by atoms with Gasteiger partial charge >= 0.3 is 0 Å². The Kier molecular flexibility index (Phi) is 5.29. The molecular weight excluding hydrogens is 254 g/mol. The second kappa shape index (κ2) is 7.19. The maximum atomic E-state index is 5.76. The lowest BCUT2D eigenvalue weighted by atomic mass is 10.1. The number of pyridine rings is 1. The third-order valence-electron chi connectivity index (χ3n) is 3.02. The molecule has 0 radical (unpaired) electrons. The zero-order chi connectivity index (χ0) is 14.4. The van der Waals surface area contributed by atoms with Crippen molar-refractivity contribution in [1.29, 1.82) is 0 Å². The molecule has 0 saturated carbocycles. The van der Waals surface area contributed by atoms with E-state index in [1.54, 1.807) is 0 Å². The summed E-state index contributed by atoms with van der Waals surface area (Å²) in [6, 6.07) is 9.97. The summed E-state index contributed by atoms with van der Waals surface area (Å²) < 4.78 is 11.1. The van der Waals surface area contributed by atoms with Crippen LogP contribution in [-0.2, 0) is 16.1 Å². The van der Waals surface area contributed by atoms with Crippen molar-refractivity contribution in [3.63, 3.8) is 0 Å². The van der Waals surface area contributed by atoms with Crippen molar-refractivity contribution in [2.75, 3.05) is 18.6 Å². The molecule has 0 spiro atoms. The molecule has 0 saturated heterocycles. The van der Waals surface area contributed by atoms with Gasteiger partial charge in [0.25, 0.3) is 0 Å². The number of nitrogen functional groups attached to an aromatic ring is 1. The van der Waals surface area contributed by atoms with Crippen molar-refractivity contribution in [2.24, 2.45) is 5.84 Å². The van der Waals surface area contributed by atoms with E-state index in [1.165, 1.54) is 0 Å². The monoisotopic (exact) mass is 275 g/mol. The predicted octanol–water partition coefficient (Wildman–Crippen LogP) is 2.46. The minimum Gasteiger partial charge on any atom is -0.379 e. The third-order valence-corrected chi connectivity index (χ3v) is 3.02. The van der Waals surface area contributed by atoms with Gasteiger partial charge < -0.3 is 14.9 Å². The van der Waals surface area contributed by atoms with Crippen LogP contribution in [0.1, 0.15) is 19.4 Å². The van der Waals surface area contributed by atoms with Crippen molar-refractivity contribution < 1.29 is 9.47 Å². The molecule has 3 N–H and O–H groups in total. The second-order valence-electron chi connectivity index (χ2n) is 4.61. The van der Waals surface area contributed by atoms with Crippen LogP contribution in [0.15, 0.2) is 30.3 Å². The molecule has 0 amide bonds. The van der Waals surface area contributed by atoms with Crippen LogP contribution >= 0.6 is 0 Å². The smallest absolute Gasteiger partial charge is 0.146 e. The lowest BCUT2D eigenvalue weighted by molar-refractivity contribution is -0.0115. The number of anilines is 1. The van der Waals surface area contributed by atoms with Gasteiger partial charge in [-0.15, -0.1) is 0 Å². The highest BCUT2D eigenvalue weighted by molar-refractivity contribution is 5.81. The lowest BCUT2D eigenvalue weighted by Gasteiger charge is -2.15. The first-order valence-electron chi connectivity index (χ1n) is 6.79. The fraction of sp³-hybridized carbons (Fsp3) is 0.400. The van der Waals surface area contributed by atoms with E-state index in [0.29, 0.717) is 25.6 Å². The normalized spacial score (nSPS) is 12.6. The van der Waals surface area contributed by atoms with Crippen molar-refractivity contribution >= 4 is 16.7 Å². The van der Waals surface area contributed by atoms with Crippen LogP contribution in [0.2, 0.25) is 0 Å². The summed E-state index contributed by atoms with van der Waals surface area (Å²) in [4.78, 5) is 4.49. The highest BCUT2D eigenvalue weighted by Gasteiger charge is 2.08. The Morgan fingerprint density at radius 1 is 1.35 bits per heavy atom. The fourth-order valence-corrected chi connectivity index (χ4v) is 1.96. The van der Waals surface area contributed by atoms with E-state index in [9.17, 15) is 0 Å². The molecule has 108 valence electrons. The molecule has 2 rings (SSSR count). The molecule has 20 heavy (non-hydrogen) atoms. The van der Waals surface area contributed by atoms with Gasteiger partial charge in [0.2, 0.25) is 0 Å². The van der Waals surface area contributed by atoms with Gasteiger partial charge in [0, 0.05) is 17.6 Å². The van der Waals surface area contributed by atoms with Gasteiger partial charge in [0.05, 0.1) is 24.8 Å². The van der Waals surface area contributed by atoms with Crippen LogP contribution in [0.3, 0.4) is 0 Å². The SMILES string of the molecule is CCOCC(C)OCc1cc2ccccc2nc1NN. The van der Waals surface area contributed by atoms with E-state index in [1.807, 2.05) is 44.2 Å². The van der Waals surface area contributed by atoms with E-state index in [2.05, 4.69) is 10.4 Å². The number of nitrogens with one attached hydrogen (secondary N) is 1. The van der Waals surface area contributed by atoms with Crippen molar-refractivity contribution in [3.8, 4) is 0 Å². The quantitative estimate of drug-likeness (QED) is 0.600.